The summed E-state index contributed by atoms with van der Waals surface area (Å²) in [4.78, 5) is 11.1. The van der Waals surface area contributed by atoms with Crippen LogP contribution in [-0.4, -0.2) is 19.1 Å². The first-order valence-electron chi connectivity index (χ1n) is 6.08. The number of rotatable bonds is 6. The van der Waals surface area contributed by atoms with Crippen molar-refractivity contribution in [3.63, 3.8) is 0 Å². The smallest absolute Gasteiger partial charge is 0.322 e. The van der Waals surface area contributed by atoms with Crippen molar-refractivity contribution < 1.29 is 9.53 Å². The number of aryl methyl sites for hydroxylation is 2. The highest BCUT2D eigenvalue weighted by Gasteiger charge is 2.12. The third-order valence-electron chi connectivity index (χ3n) is 2.81. The Balaban J connectivity index is 2.44. The Morgan fingerprint density at radius 3 is 2.24 bits per heavy atom. The Morgan fingerprint density at radius 2 is 1.76 bits per heavy atom. The molecule has 2 N–H and O–H groups in total. The summed E-state index contributed by atoms with van der Waals surface area (Å²) in [5.41, 5.74) is 8.25. The number of hydrogen-bond acceptors (Lipinski definition) is 3. The molecule has 0 bridgehead atoms. The molecule has 0 heterocycles. The van der Waals surface area contributed by atoms with Crippen LogP contribution in [0.5, 0.6) is 0 Å². The Labute approximate surface area is 103 Å². The van der Waals surface area contributed by atoms with Gasteiger partial charge < -0.3 is 10.5 Å². The van der Waals surface area contributed by atoms with E-state index in [0.717, 1.165) is 19.3 Å². The molecule has 0 saturated heterocycles. The number of methoxy groups -OCH3 is 1. The number of nitrogens with two attached hydrogens (primary N) is 1. The largest absolute Gasteiger partial charge is 0.468 e. The maximum Gasteiger partial charge on any atom is 0.322 e. The van der Waals surface area contributed by atoms with Crippen LogP contribution in [0.15, 0.2) is 24.3 Å². The molecule has 1 unspecified atom stereocenters. The van der Waals surface area contributed by atoms with Crippen LogP contribution < -0.4 is 5.73 Å². The fraction of sp³-hybridized carbons (Fsp3) is 0.500. The molecule has 0 aliphatic rings. The average molecular weight is 235 g/mol. The topological polar surface area (TPSA) is 52.3 Å². The van der Waals surface area contributed by atoms with Gasteiger partial charge in [-0.05, 0) is 30.4 Å². The molecule has 1 aromatic carbocycles. The van der Waals surface area contributed by atoms with Crippen molar-refractivity contribution in [1.82, 2.24) is 0 Å². The Morgan fingerprint density at radius 1 is 1.24 bits per heavy atom. The van der Waals surface area contributed by atoms with Crippen LogP contribution in [0.4, 0.5) is 0 Å². The molecule has 0 aliphatic heterocycles. The molecule has 3 nitrogen and oxygen atoms in total. The van der Waals surface area contributed by atoms with E-state index in [2.05, 4.69) is 35.9 Å². The summed E-state index contributed by atoms with van der Waals surface area (Å²) in [6, 6.07) is 7.98. The van der Waals surface area contributed by atoms with E-state index in [1.807, 2.05) is 0 Å². The molecule has 1 atom stereocenters. The van der Waals surface area contributed by atoms with Crippen LogP contribution in [-0.2, 0) is 22.4 Å². The van der Waals surface area contributed by atoms with Crippen molar-refractivity contribution in [3.8, 4) is 0 Å². The number of ether oxygens (including phenoxy) is 1. The summed E-state index contributed by atoms with van der Waals surface area (Å²) < 4.78 is 4.59. The normalized spacial score (nSPS) is 12.2. The van der Waals surface area contributed by atoms with E-state index in [1.165, 1.54) is 18.2 Å². The van der Waals surface area contributed by atoms with Crippen LogP contribution in [0.25, 0.3) is 0 Å². The minimum Gasteiger partial charge on any atom is -0.468 e. The Bertz CT molecular complexity index is 346. The molecule has 0 fully saturated rings. The molecule has 17 heavy (non-hydrogen) atoms. The van der Waals surface area contributed by atoms with Crippen molar-refractivity contribution in [2.45, 2.75) is 38.6 Å². The van der Waals surface area contributed by atoms with Crippen molar-refractivity contribution in [2.24, 2.45) is 5.73 Å². The first-order valence-corrected chi connectivity index (χ1v) is 6.08. The molecular weight excluding hydrogens is 214 g/mol. The van der Waals surface area contributed by atoms with Gasteiger partial charge in [0.1, 0.15) is 6.04 Å². The van der Waals surface area contributed by atoms with Crippen molar-refractivity contribution in [3.05, 3.63) is 35.4 Å². The van der Waals surface area contributed by atoms with Gasteiger partial charge >= 0.3 is 5.97 Å². The molecule has 1 aromatic rings. The highest BCUT2D eigenvalue weighted by molar-refractivity contribution is 5.75. The molecular formula is C14H21NO2. The van der Waals surface area contributed by atoms with E-state index >= 15 is 0 Å². The summed E-state index contributed by atoms with van der Waals surface area (Å²) in [5, 5.41) is 0. The van der Waals surface area contributed by atoms with Crippen molar-refractivity contribution >= 4 is 5.97 Å². The first kappa shape index (κ1) is 13.7. The Hall–Kier alpha value is -1.35. The highest BCUT2D eigenvalue weighted by Crippen LogP contribution is 2.09. The minimum absolute atomic E-state index is 0.340. The summed E-state index contributed by atoms with van der Waals surface area (Å²) in [6.07, 6.45) is 3.71. The van der Waals surface area contributed by atoms with Crippen molar-refractivity contribution in [1.29, 1.82) is 0 Å². The molecule has 94 valence electrons. The summed E-state index contributed by atoms with van der Waals surface area (Å²) in [5.74, 6) is -0.340. The molecule has 0 spiro atoms. The highest BCUT2D eigenvalue weighted by atomic mass is 16.5. The zero-order chi connectivity index (χ0) is 12.7. The molecule has 3 heteroatoms. The van der Waals surface area contributed by atoms with E-state index in [1.54, 1.807) is 0 Å². The van der Waals surface area contributed by atoms with Gasteiger partial charge in [0.25, 0.3) is 0 Å². The molecule has 0 radical (unpaired) electrons. The van der Waals surface area contributed by atoms with Crippen LogP contribution in [0.3, 0.4) is 0 Å². The molecule has 1 rings (SSSR count). The Kier molecular flexibility index (Phi) is 5.70. The maximum atomic E-state index is 11.1. The lowest BCUT2D eigenvalue weighted by Crippen LogP contribution is -2.31. The molecule has 0 saturated carbocycles. The maximum absolute atomic E-state index is 11.1. The fourth-order valence-corrected chi connectivity index (χ4v) is 1.75. The predicted molar refractivity (Wildman–Crippen MR) is 68.7 cm³/mol. The monoisotopic (exact) mass is 235 g/mol. The minimum atomic E-state index is -0.518. The van der Waals surface area contributed by atoms with E-state index in [0.29, 0.717) is 6.42 Å². The number of hydrogen-bond donors (Lipinski definition) is 1. The van der Waals surface area contributed by atoms with Crippen molar-refractivity contribution in [2.75, 3.05) is 7.11 Å². The van der Waals surface area contributed by atoms with E-state index < -0.39 is 6.04 Å². The molecule has 0 amide bonds. The van der Waals surface area contributed by atoms with Crippen LogP contribution >= 0.6 is 0 Å². The van der Waals surface area contributed by atoms with Gasteiger partial charge in [-0.1, -0.05) is 37.6 Å². The average Bonchev–Trinajstić information content (AvgIpc) is 2.37. The third-order valence-corrected chi connectivity index (χ3v) is 2.81. The predicted octanol–water partition coefficient (Wildman–Crippen LogP) is 2.07. The van der Waals surface area contributed by atoms with E-state index in [9.17, 15) is 4.79 Å². The zero-order valence-electron chi connectivity index (χ0n) is 10.6. The lowest BCUT2D eigenvalue weighted by Gasteiger charge is -2.09. The van der Waals surface area contributed by atoms with Crippen LogP contribution in [0, 0.1) is 0 Å². The SMILES string of the molecule is CCCc1ccc(CCC(N)C(=O)OC)cc1. The quantitative estimate of drug-likeness (QED) is 0.768. The van der Waals surface area contributed by atoms with Gasteiger partial charge in [-0.2, -0.15) is 0 Å². The second-order valence-corrected chi connectivity index (χ2v) is 4.23. The van der Waals surface area contributed by atoms with Gasteiger partial charge in [0, 0.05) is 0 Å². The zero-order valence-corrected chi connectivity index (χ0v) is 10.6. The molecule has 0 aromatic heterocycles. The second-order valence-electron chi connectivity index (χ2n) is 4.23. The van der Waals surface area contributed by atoms with Gasteiger partial charge in [-0.25, -0.2) is 0 Å². The first-order chi connectivity index (χ1) is 8.17. The van der Waals surface area contributed by atoms with Gasteiger partial charge in [0.2, 0.25) is 0 Å². The summed E-state index contributed by atoms with van der Waals surface area (Å²) in [6.45, 7) is 2.17. The van der Waals surface area contributed by atoms with Gasteiger partial charge in [0.15, 0.2) is 0 Å². The van der Waals surface area contributed by atoms with Gasteiger partial charge in [0.05, 0.1) is 7.11 Å². The number of carbonyl (C=O) groups is 1. The lowest BCUT2D eigenvalue weighted by molar-refractivity contribution is -0.142. The fourth-order valence-electron chi connectivity index (χ4n) is 1.75. The van der Waals surface area contributed by atoms with Crippen LogP contribution in [0.2, 0.25) is 0 Å². The lowest BCUT2D eigenvalue weighted by atomic mass is 10.0. The van der Waals surface area contributed by atoms with Gasteiger partial charge in [-0.15, -0.1) is 0 Å². The van der Waals surface area contributed by atoms with Gasteiger partial charge in [-0.3, -0.25) is 4.79 Å². The number of esters is 1. The van der Waals surface area contributed by atoms with E-state index in [4.69, 9.17) is 5.73 Å². The third kappa shape index (κ3) is 4.57. The summed E-state index contributed by atoms with van der Waals surface area (Å²) in [7, 11) is 1.36. The standard InChI is InChI=1S/C14H21NO2/c1-3-4-11-5-7-12(8-6-11)9-10-13(15)14(16)17-2/h5-8,13H,3-4,9-10,15H2,1-2H3. The van der Waals surface area contributed by atoms with E-state index in [-0.39, 0.29) is 5.97 Å². The molecule has 0 aliphatic carbocycles. The number of carbonyl (C=O) groups excluding carboxylic acids is 1. The number of benzene rings is 1. The summed E-state index contributed by atoms with van der Waals surface area (Å²) >= 11 is 0. The van der Waals surface area contributed by atoms with Crippen LogP contribution in [0.1, 0.15) is 30.9 Å². The second kappa shape index (κ2) is 7.07.